The van der Waals surface area contributed by atoms with Crippen LogP contribution in [0.3, 0.4) is 0 Å². The highest BCUT2D eigenvalue weighted by molar-refractivity contribution is 7.89. The monoisotopic (exact) mass is 297 g/mol. The maximum absolute atomic E-state index is 13.4. The van der Waals surface area contributed by atoms with Crippen molar-refractivity contribution in [1.82, 2.24) is 0 Å². The van der Waals surface area contributed by atoms with Crippen LogP contribution < -0.4 is 0 Å². The van der Waals surface area contributed by atoms with Crippen molar-refractivity contribution >= 4 is 29.6 Å². The fourth-order valence-corrected chi connectivity index (χ4v) is 5.14. The van der Waals surface area contributed by atoms with E-state index in [2.05, 4.69) is 4.31 Å². The Morgan fingerprint density at radius 3 is 1.94 bits per heavy atom. The summed E-state index contributed by atoms with van der Waals surface area (Å²) in [5.74, 6) is 0. The van der Waals surface area contributed by atoms with Gasteiger partial charge in [0.1, 0.15) is 0 Å². The second-order valence-electron chi connectivity index (χ2n) is 3.11. The van der Waals surface area contributed by atoms with Crippen LogP contribution >= 0.6 is 22.0 Å². The lowest BCUT2D eigenvalue weighted by molar-refractivity contribution is 0.142. The van der Waals surface area contributed by atoms with Crippen LogP contribution in [0.1, 0.15) is 6.92 Å². The van der Waals surface area contributed by atoms with Gasteiger partial charge < -0.3 is 14.0 Å². The van der Waals surface area contributed by atoms with Crippen LogP contribution in [0.4, 0.5) is 8.78 Å². The molecule has 0 aromatic heterocycles. The van der Waals surface area contributed by atoms with Crippen LogP contribution in [-0.2, 0) is 18.0 Å². The van der Waals surface area contributed by atoms with Gasteiger partial charge in [0, 0.05) is 7.25 Å². The smallest absolute Gasteiger partial charge is 0.338 e. The molecule has 0 bridgehead atoms. The lowest BCUT2D eigenvalue weighted by atomic mass is 10.8. The summed E-state index contributed by atoms with van der Waals surface area (Å²) in [5.41, 5.74) is 0. The minimum atomic E-state index is -5.45. The van der Waals surface area contributed by atoms with Crippen molar-refractivity contribution in [2.24, 2.45) is 0 Å². The fraction of sp³-hybridized carbons (Fsp3) is 1.00. The Hall–Kier alpha value is 0.535. The summed E-state index contributed by atoms with van der Waals surface area (Å²) in [6.45, 7) is 2.82. The van der Waals surface area contributed by atoms with E-state index in [-0.39, 0.29) is 6.16 Å². The minimum absolute atomic E-state index is 0.0502. The summed E-state index contributed by atoms with van der Waals surface area (Å²) in [5, 5.41) is -4.35. The standard InChI is InChI=1S/C5H15BF2O5P3/c1-4-15(6,10)13-16(11,12)5(7,8)14(2,3)9/h4H2,1-3,6H3,(H,11,12)/q-1. The molecule has 0 saturated heterocycles. The first-order valence-corrected chi connectivity index (χ1v) is 9.40. The summed E-state index contributed by atoms with van der Waals surface area (Å²) in [4.78, 5) is 9.12. The molecule has 0 amide bonds. The third-order valence-electron chi connectivity index (χ3n) is 1.45. The largest absolute Gasteiger partial charge is 0.407 e. The van der Waals surface area contributed by atoms with Crippen molar-refractivity contribution < 1.29 is 31.7 Å². The summed E-state index contributed by atoms with van der Waals surface area (Å²) < 4.78 is 65.0. The average molecular weight is 297 g/mol. The Morgan fingerprint density at radius 2 is 1.69 bits per heavy atom. The fourth-order valence-electron chi connectivity index (χ4n) is 0.535. The lowest BCUT2D eigenvalue weighted by Crippen LogP contribution is -2.17. The minimum Gasteiger partial charge on any atom is -0.338 e. The van der Waals surface area contributed by atoms with E-state index in [0.29, 0.717) is 13.3 Å². The molecule has 0 aromatic rings. The number of alkyl halides is 2. The molecule has 0 heterocycles. The van der Waals surface area contributed by atoms with Gasteiger partial charge in [-0.2, -0.15) is 8.78 Å². The zero-order valence-corrected chi connectivity index (χ0v) is 11.1. The van der Waals surface area contributed by atoms with Gasteiger partial charge in [-0.3, -0.25) is 8.88 Å². The summed E-state index contributed by atoms with van der Waals surface area (Å²) in [6.07, 6.45) is -0.0502. The molecule has 1 N–H and O–H groups in total. The second kappa shape index (κ2) is 4.66. The number of halogens is 2. The van der Waals surface area contributed by atoms with Crippen LogP contribution in [0.5, 0.6) is 0 Å². The van der Waals surface area contributed by atoms with Crippen LogP contribution in [-0.4, -0.2) is 37.4 Å². The second-order valence-corrected chi connectivity index (χ2v) is 10.3. The zero-order chi connectivity index (χ0) is 13.4. The van der Waals surface area contributed by atoms with E-state index < -0.39 is 35.0 Å². The first-order valence-electron chi connectivity index (χ1n) is 3.86. The molecule has 0 rings (SSSR count). The molecule has 0 aliphatic heterocycles. The molecule has 0 spiro atoms. The zero-order valence-electron chi connectivity index (χ0n) is 8.38. The van der Waals surface area contributed by atoms with E-state index in [1.165, 1.54) is 6.92 Å². The van der Waals surface area contributed by atoms with Crippen molar-refractivity contribution in [1.29, 1.82) is 0 Å². The molecule has 16 heavy (non-hydrogen) atoms. The predicted octanol–water partition coefficient (Wildman–Crippen LogP) is 1.94. The molecule has 11 heteroatoms. The molecule has 0 aliphatic carbocycles. The molecule has 0 saturated carbocycles. The van der Waals surface area contributed by atoms with Crippen LogP contribution in [0.2, 0.25) is 0 Å². The summed E-state index contributed by atoms with van der Waals surface area (Å²) in [7, 11) is -13.9. The van der Waals surface area contributed by atoms with Crippen molar-refractivity contribution in [3.05, 3.63) is 0 Å². The summed E-state index contributed by atoms with van der Waals surface area (Å²) in [6, 6.07) is 0. The van der Waals surface area contributed by atoms with Gasteiger partial charge in [0.25, 0.3) is 0 Å². The van der Waals surface area contributed by atoms with E-state index >= 15 is 0 Å². The maximum Gasteiger partial charge on any atom is 0.407 e. The lowest BCUT2D eigenvalue weighted by Gasteiger charge is -2.29. The molecule has 0 aliphatic rings. The van der Waals surface area contributed by atoms with E-state index in [1.807, 2.05) is 0 Å². The Bertz CT molecular complexity index is 405. The molecule has 2 unspecified atom stereocenters. The Kier molecular flexibility index (Phi) is 4.82. The molecule has 2 atom stereocenters. The van der Waals surface area contributed by atoms with Crippen LogP contribution in [0.25, 0.3) is 0 Å². The molecule has 0 fully saturated rings. The van der Waals surface area contributed by atoms with Crippen molar-refractivity contribution in [3.8, 4) is 0 Å². The van der Waals surface area contributed by atoms with E-state index in [1.54, 1.807) is 0 Å². The molecule has 98 valence electrons. The number of hydrogen-bond donors (Lipinski definition) is 1. The molecule has 0 aromatic carbocycles. The number of rotatable bonds is 5. The van der Waals surface area contributed by atoms with Gasteiger partial charge in [-0.05, 0) is 19.5 Å². The topological polar surface area (TPSA) is 80.7 Å². The third-order valence-corrected chi connectivity index (χ3v) is 7.76. The van der Waals surface area contributed by atoms with Gasteiger partial charge >= 0.3 is 13.0 Å². The van der Waals surface area contributed by atoms with Crippen molar-refractivity contribution in [3.63, 3.8) is 0 Å². The van der Waals surface area contributed by atoms with Gasteiger partial charge in [0.2, 0.25) is 0 Å². The quantitative estimate of drug-likeness (QED) is 0.619. The Balaban J connectivity index is 5.32. The van der Waals surface area contributed by atoms with Crippen molar-refractivity contribution in [2.75, 3.05) is 19.5 Å². The van der Waals surface area contributed by atoms with Crippen molar-refractivity contribution in [2.45, 2.75) is 12.3 Å². The highest BCUT2D eigenvalue weighted by Crippen LogP contribution is 2.77. The highest BCUT2D eigenvalue weighted by Gasteiger charge is 2.60. The van der Waals surface area contributed by atoms with Gasteiger partial charge in [0.05, 0.1) is 7.57 Å². The SMILES string of the molecule is [BH3-]P(=O)(CC)OP(=O)(O)C(F)(F)P(C)(C)=O. The summed E-state index contributed by atoms with van der Waals surface area (Å²) >= 11 is 0. The highest BCUT2D eigenvalue weighted by atomic mass is 31.3. The van der Waals surface area contributed by atoms with E-state index in [0.717, 1.165) is 0 Å². The maximum atomic E-state index is 13.4. The third kappa shape index (κ3) is 3.51. The normalized spacial score (nSPS) is 21.2. The van der Waals surface area contributed by atoms with Gasteiger partial charge in [0.15, 0.2) is 7.14 Å². The van der Waals surface area contributed by atoms with E-state index in [9.17, 15) is 22.5 Å². The number of hydrogen-bond acceptors (Lipinski definition) is 4. The molecule has 0 radical (unpaired) electrons. The average Bonchev–Trinajstić information content (AvgIpc) is 2.00. The first kappa shape index (κ1) is 16.5. The van der Waals surface area contributed by atoms with Gasteiger partial charge in [-0.15, -0.1) is 0 Å². The van der Waals surface area contributed by atoms with Crippen LogP contribution in [0, 0.1) is 0 Å². The predicted molar refractivity (Wildman–Crippen MR) is 63.4 cm³/mol. The Labute approximate surface area is 93.7 Å². The van der Waals surface area contributed by atoms with Gasteiger partial charge in [-0.1, -0.05) is 6.92 Å². The molecular formula is C5H15BF2O5P3-. The first-order chi connectivity index (χ1) is 6.77. The van der Waals surface area contributed by atoms with E-state index in [4.69, 9.17) is 4.89 Å². The van der Waals surface area contributed by atoms with Gasteiger partial charge in [-0.25, -0.2) is 0 Å². The van der Waals surface area contributed by atoms with Crippen LogP contribution in [0.15, 0.2) is 0 Å². The Morgan fingerprint density at radius 1 is 1.31 bits per heavy atom. The molecular weight excluding hydrogens is 282 g/mol. The molecule has 5 nitrogen and oxygen atoms in total.